The van der Waals surface area contributed by atoms with Crippen LogP contribution in [0.5, 0.6) is 0 Å². The van der Waals surface area contributed by atoms with Crippen LogP contribution in [-0.4, -0.2) is 54.0 Å². The molecule has 0 spiro atoms. The van der Waals surface area contributed by atoms with Gasteiger partial charge >= 0.3 is 15.6 Å². The highest BCUT2D eigenvalue weighted by Crippen LogP contribution is 2.45. The van der Waals surface area contributed by atoms with Crippen molar-refractivity contribution in [2.24, 2.45) is 5.92 Å². The first-order valence-electron chi connectivity index (χ1n) is 9.13. The fraction of sp³-hybridized carbons (Fsp3) is 0.882. The smallest absolute Gasteiger partial charge is 0.396 e. The van der Waals surface area contributed by atoms with Gasteiger partial charge in [0.15, 0.2) is 0 Å². The van der Waals surface area contributed by atoms with Crippen LogP contribution in [0.25, 0.3) is 0 Å². The third kappa shape index (κ3) is 5.52. The van der Waals surface area contributed by atoms with Crippen molar-refractivity contribution in [3.63, 3.8) is 0 Å². The zero-order chi connectivity index (χ0) is 21.2. The fourth-order valence-electron chi connectivity index (χ4n) is 3.73. The van der Waals surface area contributed by atoms with Crippen LogP contribution in [-0.2, 0) is 23.8 Å². The lowest BCUT2D eigenvalue weighted by atomic mass is 9.86. The predicted molar refractivity (Wildman–Crippen MR) is 104 cm³/mol. The van der Waals surface area contributed by atoms with E-state index < -0.39 is 32.9 Å². The first-order chi connectivity index (χ1) is 12.9. The van der Waals surface area contributed by atoms with Crippen LogP contribution in [0, 0.1) is 5.92 Å². The van der Waals surface area contributed by atoms with Gasteiger partial charge in [0.1, 0.15) is 11.4 Å². The van der Waals surface area contributed by atoms with Crippen molar-refractivity contribution >= 4 is 32.7 Å². The summed E-state index contributed by atoms with van der Waals surface area (Å²) >= 11 is 2.25. The van der Waals surface area contributed by atoms with E-state index in [4.69, 9.17) is 14.6 Å². The molecule has 0 saturated carbocycles. The maximum Gasteiger partial charge on any atom is 0.534 e. The molecule has 2 aliphatic heterocycles. The number of aliphatic hydroxyl groups is 1. The Morgan fingerprint density at radius 2 is 2.07 bits per heavy atom. The molecule has 0 aromatic carbocycles. The molecule has 1 N–H and O–H groups in total. The second kappa shape index (κ2) is 9.36. The Balaban J connectivity index is 1.96. The summed E-state index contributed by atoms with van der Waals surface area (Å²) in [6, 6.07) is 0. The van der Waals surface area contributed by atoms with E-state index in [1.54, 1.807) is 6.92 Å². The van der Waals surface area contributed by atoms with Crippen molar-refractivity contribution in [2.45, 2.75) is 74.9 Å². The second-order valence-corrected chi connectivity index (χ2v) is 9.72. The van der Waals surface area contributed by atoms with Gasteiger partial charge in [0.05, 0.1) is 18.3 Å². The van der Waals surface area contributed by atoms with Gasteiger partial charge in [0.2, 0.25) is 0 Å². The Morgan fingerprint density at radius 1 is 1.39 bits per heavy atom. The third-order valence-corrected chi connectivity index (χ3v) is 7.54. The van der Waals surface area contributed by atoms with E-state index in [1.165, 1.54) is 0 Å². The zero-order valence-electron chi connectivity index (χ0n) is 15.6. The van der Waals surface area contributed by atoms with Crippen LogP contribution < -0.4 is 0 Å². The summed E-state index contributed by atoms with van der Waals surface area (Å²) in [6.07, 6.45) is 3.52. The van der Waals surface area contributed by atoms with Crippen molar-refractivity contribution in [3.05, 3.63) is 12.3 Å². The quantitative estimate of drug-likeness (QED) is 0.158. The molecule has 2 rings (SSSR count). The topological polar surface area (TPSA) is 82.1 Å². The Hall–Kier alpha value is -0.110. The van der Waals surface area contributed by atoms with Gasteiger partial charge in [-0.3, -0.25) is 0 Å². The second-order valence-electron chi connectivity index (χ2n) is 7.42. The van der Waals surface area contributed by atoms with Gasteiger partial charge in [-0.2, -0.15) is 21.6 Å². The number of allylic oxidation sites excluding steroid dienone is 1. The van der Waals surface area contributed by atoms with Crippen molar-refractivity contribution in [3.8, 4) is 0 Å². The number of alkyl halides is 4. The molecule has 0 aromatic heterocycles. The first kappa shape index (κ1) is 24.2. The summed E-state index contributed by atoms with van der Waals surface area (Å²) in [5.74, 6) is -1.08. The minimum absolute atomic E-state index is 0.0123. The molecule has 0 radical (unpaired) electrons. The Morgan fingerprint density at radius 3 is 2.64 bits per heavy atom. The summed E-state index contributed by atoms with van der Waals surface area (Å²) in [4.78, 5) is 0. The highest BCUT2D eigenvalue weighted by molar-refractivity contribution is 14.1. The standard InChI is InChI=1S/C17H26F3IO6S/c1-11(12(2)27-28(23,24)17(18,19)20)8-13-5-6-15-16(10-21,26-13)9-14(25-15)4-3-7-22/h11,13-15,22H,2-10H2,1H3/t11-,13?,14?,15+,16-/m1/s1. The number of fused-ring (bicyclic) bond motifs is 1. The van der Waals surface area contributed by atoms with Crippen molar-refractivity contribution in [1.29, 1.82) is 0 Å². The molecule has 0 aliphatic carbocycles. The summed E-state index contributed by atoms with van der Waals surface area (Å²) < 4.78 is 77.0. The lowest BCUT2D eigenvalue weighted by Crippen LogP contribution is -2.50. The normalized spacial score (nSPS) is 32.0. The molecule has 2 heterocycles. The molecule has 0 aromatic rings. The van der Waals surface area contributed by atoms with Gasteiger partial charge in [-0.15, -0.1) is 0 Å². The molecule has 11 heteroatoms. The molecule has 5 atom stereocenters. The number of ether oxygens (including phenoxy) is 2. The molecule has 0 amide bonds. The van der Waals surface area contributed by atoms with Gasteiger partial charge < -0.3 is 18.8 Å². The van der Waals surface area contributed by atoms with Crippen LogP contribution in [0.3, 0.4) is 0 Å². The number of rotatable bonds is 9. The lowest BCUT2D eigenvalue weighted by Gasteiger charge is -2.41. The zero-order valence-corrected chi connectivity index (χ0v) is 18.6. The van der Waals surface area contributed by atoms with E-state index in [1.807, 2.05) is 0 Å². The summed E-state index contributed by atoms with van der Waals surface area (Å²) in [7, 11) is -5.71. The molecular weight excluding hydrogens is 516 g/mol. The molecule has 2 saturated heterocycles. The molecule has 0 bridgehead atoms. The molecule has 28 heavy (non-hydrogen) atoms. The van der Waals surface area contributed by atoms with E-state index in [2.05, 4.69) is 33.4 Å². The monoisotopic (exact) mass is 542 g/mol. The van der Waals surface area contributed by atoms with Gasteiger partial charge in [0.25, 0.3) is 0 Å². The largest absolute Gasteiger partial charge is 0.534 e. The number of halogens is 4. The van der Waals surface area contributed by atoms with Gasteiger partial charge in [-0.1, -0.05) is 36.1 Å². The number of hydrogen-bond donors (Lipinski definition) is 1. The van der Waals surface area contributed by atoms with E-state index >= 15 is 0 Å². The van der Waals surface area contributed by atoms with Crippen molar-refractivity contribution in [2.75, 3.05) is 11.0 Å². The molecule has 2 fully saturated rings. The van der Waals surface area contributed by atoms with Gasteiger partial charge in [-0.05, 0) is 32.1 Å². The minimum atomic E-state index is -5.71. The predicted octanol–water partition coefficient (Wildman–Crippen LogP) is 3.68. The highest BCUT2D eigenvalue weighted by Gasteiger charge is 2.52. The molecule has 2 unspecified atom stereocenters. The summed E-state index contributed by atoms with van der Waals surface area (Å²) in [5, 5.41) is 9.01. The number of aliphatic hydroxyl groups excluding tert-OH is 1. The Bertz CT molecular complexity index is 656. The Labute approximate surface area is 177 Å². The molecule has 2 aliphatic rings. The van der Waals surface area contributed by atoms with E-state index in [0.717, 1.165) is 12.8 Å². The fourth-order valence-corrected chi connectivity index (χ4v) is 5.25. The first-order valence-corrected chi connectivity index (χ1v) is 12.1. The number of hydrogen-bond acceptors (Lipinski definition) is 6. The van der Waals surface area contributed by atoms with Crippen LogP contribution in [0.4, 0.5) is 13.2 Å². The van der Waals surface area contributed by atoms with Crippen molar-refractivity contribution < 1.29 is 40.4 Å². The molecular formula is C17H26F3IO6S. The average molecular weight is 542 g/mol. The van der Waals surface area contributed by atoms with E-state index in [9.17, 15) is 21.6 Å². The van der Waals surface area contributed by atoms with Crippen LogP contribution in [0.1, 0.15) is 45.4 Å². The maximum absolute atomic E-state index is 12.5. The lowest BCUT2D eigenvalue weighted by molar-refractivity contribution is -0.156. The SMILES string of the molecule is C=C(OS(=O)(=O)C(F)(F)F)[C@H](C)CC1CC[C@@H]2OC(CCCO)C[C@]2(CI)O1. The summed E-state index contributed by atoms with van der Waals surface area (Å²) in [6.45, 7) is 5.03. The van der Waals surface area contributed by atoms with Crippen molar-refractivity contribution in [1.82, 2.24) is 0 Å². The van der Waals surface area contributed by atoms with E-state index in [0.29, 0.717) is 30.1 Å². The van der Waals surface area contributed by atoms with Gasteiger partial charge in [0, 0.05) is 23.4 Å². The van der Waals surface area contributed by atoms with Crippen LogP contribution in [0.15, 0.2) is 12.3 Å². The maximum atomic E-state index is 12.5. The highest BCUT2D eigenvalue weighted by atomic mass is 127. The third-order valence-electron chi connectivity index (χ3n) is 5.25. The Kier molecular flexibility index (Phi) is 8.07. The summed E-state index contributed by atoms with van der Waals surface area (Å²) in [5.41, 5.74) is -5.95. The van der Waals surface area contributed by atoms with E-state index in [-0.39, 0.29) is 24.9 Å². The van der Waals surface area contributed by atoms with Crippen LogP contribution >= 0.6 is 22.6 Å². The van der Waals surface area contributed by atoms with Crippen LogP contribution in [0.2, 0.25) is 0 Å². The average Bonchev–Trinajstić information content (AvgIpc) is 2.96. The molecule has 164 valence electrons. The minimum Gasteiger partial charge on any atom is -0.396 e. The van der Waals surface area contributed by atoms with Gasteiger partial charge in [-0.25, -0.2) is 0 Å². The molecule has 6 nitrogen and oxygen atoms in total.